The summed E-state index contributed by atoms with van der Waals surface area (Å²) in [6, 6.07) is 10.1. The molecule has 0 unspecified atom stereocenters. The lowest BCUT2D eigenvalue weighted by atomic mass is 10.3. The largest absolute Gasteiger partial charge is 0.398 e. The van der Waals surface area contributed by atoms with Crippen molar-refractivity contribution in [3.05, 3.63) is 54.4 Å². The van der Waals surface area contributed by atoms with Crippen molar-refractivity contribution in [2.24, 2.45) is 0 Å². The number of nitrogens with two attached hydrogens (primary N) is 1. The van der Waals surface area contributed by atoms with Crippen molar-refractivity contribution >= 4 is 15.7 Å². The molecule has 0 spiro atoms. The van der Waals surface area contributed by atoms with Crippen LogP contribution in [0.5, 0.6) is 0 Å². The van der Waals surface area contributed by atoms with Crippen LogP contribution < -0.4 is 5.73 Å². The molecule has 0 bridgehead atoms. The maximum atomic E-state index is 12.6. The predicted octanol–water partition coefficient (Wildman–Crippen LogP) is 1.87. The van der Waals surface area contributed by atoms with Crippen LogP contribution in [-0.2, 0) is 16.6 Å². The van der Waals surface area contributed by atoms with Crippen LogP contribution in [0.25, 0.3) is 0 Å². The number of hydrogen-bond donors (Lipinski definition) is 1. The van der Waals surface area contributed by atoms with Gasteiger partial charge in [0.15, 0.2) is 0 Å². The van der Waals surface area contributed by atoms with E-state index in [4.69, 9.17) is 5.73 Å². The van der Waals surface area contributed by atoms with Crippen LogP contribution in [0.2, 0.25) is 0 Å². The van der Waals surface area contributed by atoms with Gasteiger partial charge >= 0.3 is 0 Å². The fraction of sp³-hybridized carbons (Fsp3) is 0.214. The molecule has 2 rings (SSSR count). The van der Waals surface area contributed by atoms with E-state index in [9.17, 15) is 8.42 Å². The molecule has 0 amide bonds. The minimum Gasteiger partial charge on any atom is -0.398 e. The number of nitrogen functional groups attached to an aromatic ring is 1. The molecule has 0 saturated carbocycles. The van der Waals surface area contributed by atoms with Crippen LogP contribution in [-0.4, -0.2) is 24.3 Å². The summed E-state index contributed by atoms with van der Waals surface area (Å²) in [6.07, 6.45) is 3.29. The monoisotopic (exact) mass is 291 g/mol. The second-order valence-electron chi connectivity index (χ2n) is 4.32. The van der Waals surface area contributed by atoms with Gasteiger partial charge in [0.05, 0.1) is 5.69 Å². The van der Waals surface area contributed by atoms with E-state index in [1.807, 2.05) is 0 Å². The van der Waals surface area contributed by atoms with Crippen molar-refractivity contribution in [1.82, 2.24) is 9.29 Å². The second-order valence-corrected chi connectivity index (χ2v) is 6.23. The van der Waals surface area contributed by atoms with Crippen LogP contribution in [0.3, 0.4) is 0 Å². The molecule has 0 aliphatic rings. The van der Waals surface area contributed by atoms with E-state index < -0.39 is 10.0 Å². The van der Waals surface area contributed by atoms with E-state index in [-0.39, 0.29) is 10.6 Å². The molecule has 1 heterocycles. The summed E-state index contributed by atoms with van der Waals surface area (Å²) in [5.41, 5.74) is 6.93. The van der Waals surface area contributed by atoms with E-state index in [0.29, 0.717) is 13.1 Å². The zero-order chi connectivity index (χ0) is 14.6. The van der Waals surface area contributed by atoms with E-state index in [1.165, 1.54) is 10.4 Å². The molecular formula is C14H17N3O2S. The zero-order valence-corrected chi connectivity index (χ0v) is 12.0. The zero-order valence-electron chi connectivity index (χ0n) is 11.2. The predicted molar refractivity (Wildman–Crippen MR) is 78.4 cm³/mol. The second kappa shape index (κ2) is 6.02. The highest BCUT2D eigenvalue weighted by Crippen LogP contribution is 2.23. The van der Waals surface area contributed by atoms with Crippen molar-refractivity contribution in [1.29, 1.82) is 0 Å². The summed E-state index contributed by atoms with van der Waals surface area (Å²) < 4.78 is 26.6. The summed E-state index contributed by atoms with van der Waals surface area (Å²) in [5, 5.41) is 0. The normalized spacial score (nSPS) is 11.7. The van der Waals surface area contributed by atoms with E-state index in [1.54, 1.807) is 49.6 Å². The quantitative estimate of drug-likeness (QED) is 0.853. The third kappa shape index (κ3) is 2.97. The van der Waals surface area contributed by atoms with Crippen LogP contribution >= 0.6 is 0 Å². The van der Waals surface area contributed by atoms with Crippen molar-refractivity contribution in [2.75, 3.05) is 12.3 Å². The molecule has 0 atom stereocenters. The van der Waals surface area contributed by atoms with Crippen molar-refractivity contribution in [2.45, 2.75) is 18.4 Å². The Morgan fingerprint density at radius 1 is 1.15 bits per heavy atom. The molecule has 0 fully saturated rings. The van der Waals surface area contributed by atoms with E-state index in [2.05, 4.69) is 4.98 Å². The SMILES string of the molecule is CCN(Cc1ccncc1)S(=O)(=O)c1ccccc1N. The number of aromatic nitrogens is 1. The Hall–Kier alpha value is -1.92. The standard InChI is InChI=1S/C14H17N3O2S/c1-2-17(11-12-7-9-16-10-8-12)20(18,19)14-6-4-3-5-13(14)15/h3-10H,2,11,15H2,1H3. The Kier molecular flexibility index (Phi) is 4.36. The Labute approximate surface area is 119 Å². The van der Waals surface area contributed by atoms with Gasteiger partial charge in [-0.25, -0.2) is 8.42 Å². The van der Waals surface area contributed by atoms with Gasteiger partial charge < -0.3 is 5.73 Å². The lowest BCUT2D eigenvalue weighted by Gasteiger charge is -2.21. The van der Waals surface area contributed by atoms with Crippen molar-refractivity contribution in [3.63, 3.8) is 0 Å². The number of anilines is 1. The van der Waals surface area contributed by atoms with E-state index >= 15 is 0 Å². The third-order valence-electron chi connectivity index (χ3n) is 3.00. The number of nitrogens with zero attached hydrogens (tertiary/aromatic N) is 2. The summed E-state index contributed by atoms with van der Waals surface area (Å²) in [6.45, 7) is 2.48. The van der Waals surface area contributed by atoms with Gasteiger partial charge in [0.2, 0.25) is 10.0 Å². The first-order valence-corrected chi connectivity index (χ1v) is 7.73. The molecule has 6 heteroatoms. The first-order chi connectivity index (χ1) is 9.55. The van der Waals surface area contributed by atoms with Crippen molar-refractivity contribution < 1.29 is 8.42 Å². The number of rotatable bonds is 5. The maximum absolute atomic E-state index is 12.6. The first-order valence-electron chi connectivity index (χ1n) is 6.29. The van der Waals surface area contributed by atoms with Gasteiger partial charge in [-0.15, -0.1) is 0 Å². The highest BCUT2D eigenvalue weighted by molar-refractivity contribution is 7.89. The molecule has 106 valence electrons. The van der Waals surface area contributed by atoms with Gasteiger partial charge in [-0.1, -0.05) is 19.1 Å². The molecule has 0 radical (unpaired) electrons. The van der Waals surface area contributed by atoms with Crippen molar-refractivity contribution in [3.8, 4) is 0 Å². The average molecular weight is 291 g/mol. The summed E-state index contributed by atoms with van der Waals surface area (Å²) in [4.78, 5) is 4.07. The highest BCUT2D eigenvalue weighted by atomic mass is 32.2. The Morgan fingerprint density at radius 2 is 1.80 bits per heavy atom. The van der Waals surface area contributed by atoms with Crippen LogP contribution in [0.15, 0.2) is 53.7 Å². The summed E-state index contributed by atoms with van der Waals surface area (Å²) >= 11 is 0. The average Bonchev–Trinajstić information content (AvgIpc) is 2.46. The molecule has 5 nitrogen and oxygen atoms in total. The Morgan fingerprint density at radius 3 is 2.40 bits per heavy atom. The molecule has 1 aromatic heterocycles. The molecule has 0 aliphatic heterocycles. The minimum absolute atomic E-state index is 0.149. The number of benzene rings is 1. The van der Waals surface area contributed by atoms with Gasteiger partial charge in [-0.2, -0.15) is 4.31 Å². The number of pyridine rings is 1. The number of para-hydroxylation sites is 1. The molecule has 20 heavy (non-hydrogen) atoms. The smallest absolute Gasteiger partial charge is 0.245 e. The lowest BCUT2D eigenvalue weighted by Crippen LogP contribution is -2.31. The van der Waals surface area contributed by atoms with E-state index in [0.717, 1.165) is 5.56 Å². The van der Waals surface area contributed by atoms with Gasteiger partial charge in [0.25, 0.3) is 0 Å². The van der Waals surface area contributed by atoms with Crippen LogP contribution in [0.1, 0.15) is 12.5 Å². The fourth-order valence-electron chi connectivity index (χ4n) is 1.91. The molecule has 2 N–H and O–H groups in total. The summed E-state index contributed by atoms with van der Waals surface area (Å²) in [7, 11) is -3.59. The third-order valence-corrected chi connectivity index (χ3v) is 4.99. The van der Waals surface area contributed by atoms with Crippen LogP contribution in [0, 0.1) is 0 Å². The number of hydrogen-bond acceptors (Lipinski definition) is 4. The van der Waals surface area contributed by atoms with Gasteiger partial charge in [0.1, 0.15) is 4.90 Å². The first kappa shape index (κ1) is 14.5. The number of sulfonamides is 1. The minimum atomic E-state index is -3.59. The Bertz CT molecular complexity index is 672. The van der Waals surface area contributed by atoms with Gasteiger partial charge in [-0.05, 0) is 29.8 Å². The fourth-order valence-corrected chi connectivity index (χ4v) is 3.47. The van der Waals surface area contributed by atoms with Crippen LogP contribution in [0.4, 0.5) is 5.69 Å². The molecule has 1 aromatic carbocycles. The molecule has 0 aliphatic carbocycles. The topological polar surface area (TPSA) is 76.3 Å². The lowest BCUT2D eigenvalue weighted by molar-refractivity contribution is 0.423. The maximum Gasteiger partial charge on any atom is 0.245 e. The van der Waals surface area contributed by atoms with Gasteiger partial charge in [0, 0.05) is 25.5 Å². The molecule has 0 saturated heterocycles. The Balaban J connectivity index is 2.34. The molecule has 2 aromatic rings. The summed E-state index contributed by atoms with van der Waals surface area (Å²) in [5.74, 6) is 0. The highest BCUT2D eigenvalue weighted by Gasteiger charge is 2.24. The van der Waals surface area contributed by atoms with Gasteiger partial charge in [-0.3, -0.25) is 4.98 Å². The molecular weight excluding hydrogens is 274 g/mol.